The van der Waals surface area contributed by atoms with Gasteiger partial charge in [-0.3, -0.25) is 0 Å². The van der Waals surface area contributed by atoms with Crippen LogP contribution in [0, 0.1) is 5.82 Å². The SMILES string of the molecule is CC[C@H](NC[C@H](C)O)c1ccccc1F. The molecule has 3 heteroatoms. The van der Waals surface area contributed by atoms with Crippen molar-refractivity contribution in [2.45, 2.75) is 32.4 Å². The molecule has 1 aromatic carbocycles. The quantitative estimate of drug-likeness (QED) is 0.783. The van der Waals surface area contributed by atoms with Crippen LogP contribution in [0.4, 0.5) is 4.39 Å². The van der Waals surface area contributed by atoms with E-state index in [-0.39, 0.29) is 11.9 Å². The molecule has 2 N–H and O–H groups in total. The van der Waals surface area contributed by atoms with Crippen LogP contribution >= 0.6 is 0 Å². The molecule has 1 aromatic rings. The summed E-state index contributed by atoms with van der Waals surface area (Å²) in [7, 11) is 0. The van der Waals surface area contributed by atoms with E-state index >= 15 is 0 Å². The molecule has 0 bridgehead atoms. The molecule has 15 heavy (non-hydrogen) atoms. The van der Waals surface area contributed by atoms with Gasteiger partial charge in [-0.2, -0.15) is 0 Å². The third-order valence-corrected chi connectivity index (χ3v) is 2.35. The van der Waals surface area contributed by atoms with Crippen molar-refractivity contribution in [3.8, 4) is 0 Å². The summed E-state index contributed by atoms with van der Waals surface area (Å²) in [6.45, 7) is 4.18. The molecule has 0 radical (unpaired) electrons. The number of benzene rings is 1. The van der Waals surface area contributed by atoms with Crippen molar-refractivity contribution in [1.29, 1.82) is 0 Å². The van der Waals surface area contributed by atoms with E-state index in [0.29, 0.717) is 12.1 Å². The Morgan fingerprint density at radius 3 is 2.60 bits per heavy atom. The summed E-state index contributed by atoms with van der Waals surface area (Å²) in [5.41, 5.74) is 0.667. The molecule has 2 atom stereocenters. The molecule has 1 rings (SSSR count). The highest BCUT2D eigenvalue weighted by Gasteiger charge is 2.12. The van der Waals surface area contributed by atoms with Crippen LogP contribution in [0.25, 0.3) is 0 Å². The number of rotatable bonds is 5. The molecule has 0 fully saturated rings. The summed E-state index contributed by atoms with van der Waals surface area (Å²) in [5, 5.41) is 12.3. The number of hydrogen-bond donors (Lipinski definition) is 2. The van der Waals surface area contributed by atoms with Crippen molar-refractivity contribution in [2.24, 2.45) is 0 Å². The van der Waals surface area contributed by atoms with E-state index in [1.165, 1.54) is 6.07 Å². The monoisotopic (exact) mass is 211 g/mol. The van der Waals surface area contributed by atoms with Gasteiger partial charge in [0.2, 0.25) is 0 Å². The van der Waals surface area contributed by atoms with Gasteiger partial charge in [0.15, 0.2) is 0 Å². The molecular weight excluding hydrogens is 193 g/mol. The van der Waals surface area contributed by atoms with Crippen LogP contribution in [0.3, 0.4) is 0 Å². The van der Waals surface area contributed by atoms with Crippen LogP contribution in [0.2, 0.25) is 0 Å². The Morgan fingerprint density at radius 1 is 1.40 bits per heavy atom. The molecule has 0 amide bonds. The highest BCUT2D eigenvalue weighted by Crippen LogP contribution is 2.19. The standard InChI is InChI=1S/C12H18FNO/c1-3-12(14-8-9(2)15)10-6-4-5-7-11(10)13/h4-7,9,12,14-15H,3,8H2,1-2H3/t9-,12-/m0/s1. The van der Waals surface area contributed by atoms with Crippen molar-refractivity contribution in [2.75, 3.05) is 6.54 Å². The predicted octanol–water partition coefficient (Wildman–Crippen LogP) is 2.25. The van der Waals surface area contributed by atoms with E-state index in [1.54, 1.807) is 19.1 Å². The molecule has 0 saturated heterocycles. The molecule has 0 saturated carbocycles. The second kappa shape index (κ2) is 5.83. The van der Waals surface area contributed by atoms with Crippen molar-refractivity contribution >= 4 is 0 Å². The molecule has 0 unspecified atom stereocenters. The van der Waals surface area contributed by atoms with Gasteiger partial charge in [0.1, 0.15) is 5.82 Å². The number of hydrogen-bond acceptors (Lipinski definition) is 2. The summed E-state index contributed by atoms with van der Waals surface area (Å²) < 4.78 is 13.4. The van der Waals surface area contributed by atoms with Crippen LogP contribution in [0.5, 0.6) is 0 Å². The fourth-order valence-electron chi connectivity index (χ4n) is 1.54. The summed E-state index contributed by atoms with van der Waals surface area (Å²) in [5.74, 6) is -0.192. The second-order valence-electron chi connectivity index (χ2n) is 3.74. The third kappa shape index (κ3) is 3.61. The van der Waals surface area contributed by atoms with Gasteiger partial charge in [-0.15, -0.1) is 0 Å². The van der Waals surface area contributed by atoms with Crippen LogP contribution in [-0.4, -0.2) is 17.8 Å². The van der Waals surface area contributed by atoms with Gasteiger partial charge < -0.3 is 10.4 Å². The molecule has 84 valence electrons. The zero-order valence-corrected chi connectivity index (χ0v) is 9.20. The van der Waals surface area contributed by atoms with Gasteiger partial charge >= 0.3 is 0 Å². The summed E-state index contributed by atoms with van der Waals surface area (Å²) in [6, 6.07) is 6.71. The van der Waals surface area contributed by atoms with Gasteiger partial charge in [0.25, 0.3) is 0 Å². The second-order valence-corrected chi connectivity index (χ2v) is 3.74. The summed E-state index contributed by atoms with van der Waals surface area (Å²) >= 11 is 0. The molecule has 0 heterocycles. The van der Waals surface area contributed by atoms with Crippen molar-refractivity contribution in [3.05, 3.63) is 35.6 Å². The first-order chi connectivity index (χ1) is 7.15. The number of halogens is 1. The maximum atomic E-state index is 13.4. The van der Waals surface area contributed by atoms with E-state index in [2.05, 4.69) is 5.32 Å². The van der Waals surface area contributed by atoms with E-state index in [4.69, 9.17) is 5.11 Å². The topological polar surface area (TPSA) is 32.3 Å². The zero-order valence-electron chi connectivity index (χ0n) is 9.20. The van der Waals surface area contributed by atoms with E-state index in [0.717, 1.165) is 6.42 Å². The largest absolute Gasteiger partial charge is 0.392 e. The smallest absolute Gasteiger partial charge is 0.127 e. The van der Waals surface area contributed by atoms with Gasteiger partial charge in [-0.1, -0.05) is 25.1 Å². The Labute approximate surface area is 90.1 Å². The number of aliphatic hydroxyl groups is 1. The van der Waals surface area contributed by atoms with Crippen molar-refractivity contribution in [3.63, 3.8) is 0 Å². The highest BCUT2D eigenvalue weighted by molar-refractivity contribution is 5.21. The van der Waals surface area contributed by atoms with Crippen molar-refractivity contribution in [1.82, 2.24) is 5.32 Å². The molecular formula is C12H18FNO. The maximum absolute atomic E-state index is 13.4. The van der Waals surface area contributed by atoms with Crippen LogP contribution in [-0.2, 0) is 0 Å². The summed E-state index contributed by atoms with van der Waals surface area (Å²) in [4.78, 5) is 0. The Balaban J connectivity index is 2.70. The average Bonchev–Trinajstić information content (AvgIpc) is 2.21. The maximum Gasteiger partial charge on any atom is 0.127 e. The predicted molar refractivity (Wildman–Crippen MR) is 59.1 cm³/mol. The molecule has 0 aliphatic carbocycles. The lowest BCUT2D eigenvalue weighted by Crippen LogP contribution is -2.28. The normalized spacial score (nSPS) is 14.9. The first-order valence-electron chi connectivity index (χ1n) is 5.31. The van der Waals surface area contributed by atoms with Gasteiger partial charge in [0, 0.05) is 18.2 Å². The summed E-state index contributed by atoms with van der Waals surface area (Å²) in [6.07, 6.45) is 0.388. The van der Waals surface area contributed by atoms with Crippen LogP contribution < -0.4 is 5.32 Å². The van der Waals surface area contributed by atoms with Gasteiger partial charge in [-0.05, 0) is 19.4 Å². The Bertz CT molecular complexity index is 301. The molecule has 0 aliphatic rings. The molecule has 0 aliphatic heterocycles. The van der Waals surface area contributed by atoms with E-state index in [9.17, 15) is 4.39 Å². The molecule has 0 aromatic heterocycles. The van der Waals surface area contributed by atoms with E-state index < -0.39 is 6.10 Å². The van der Waals surface area contributed by atoms with Crippen molar-refractivity contribution < 1.29 is 9.50 Å². The Morgan fingerprint density at radius 2 is 2.07 bits per heavy atom. The fraction of sp³-hybridized carbons (Fsp3) is 0.500. The lowest BCUT2D eigenvalue weighted by molar-refractivity contribution is 0.185. The first-order valence-corrected chi connectivity index (χ1v) is 5.31. The lowest BCUT2D eigenvalue weighted by atomic mass is 10.0. The molecule has 2 nitrogen and oxygen atoms in total. The number of aliphatic hydroxyl groups excluding tert-OH is 1. The zero-order chi connectivity index (χ0) is 11.3. The fourth-order valence-corrected chi connectivity index (χ4v) is 1.54. The Kier molecular flexibility index (Phi) is 4.72. The minimum atomic E-state index is -0.411. The number of nitrogens with one attached hydrogen (secondary N) is 1. The van der Waals surface area contributed by atoms with Gasteiger partial charge in [0.05, 0.1) is 6.10 Å². The Hall–Kier alpha value is -0.930. The average molecular weight is 211 g/mol. The first kappa shape index (κ1) is 12.1. The minimum absolute atomic E-state index is 0.0270. The molecule has 0 spiro atoms. The lowest BCUT2D eigenvalue weighted by Gasteiger charge is -2.18. The minimum Gasteiger partial charge on any atom is -0.392 e. The van der Waals surface area contributed by atoms with Gasteiger partial charge in [-0.25, -0.2) is 4.39 Å². The highest BCUT2D eigenvalue weighted by atomic mass is 19.1. The van der Waals surface area contributed by atoms with Crippen LogP contribution in [0.15, 0.2) is 24.3 Å². The van der Waals surface area contributed by atoms with E-state index in [1.807, 2.05) is 13.0 Å². The third-order valence-electron chi connectivity index (χ3n) is 2.35. The van der Waals surface area contributed by atoms with Crippen LogP contribution in [0.1, 0.15) is 31.9 Å².